The molecule has 1 fully saturated rings. The Balaban J connectivity index is 0.000000973. The number of anilines is 3. The maximum absolute atomic E-state index is 13.5. The van der Waals surface area contributed by atoms with Crippen LogP contribution in [0.15, 0.2) is 64.3 Å². The number of aliphatic imine (C=N–C) groups is 2. The average molecular weight is 591 g/mol. The molecule has 0 aliphatic carbocycles. The molecule has 0 amide bonds. The summed E-state index contributed by atoms with van der Waals surface area (Å²) in [5.41, 5.74) is 3.64. The van der Waals surface area contributed by atoms with Crippen molar-refractivity contribution in [3.8, 4) is 11.8 Å². The minimum absolute atomic E-state index is 0.233. The van der Waals surface area contributed by atoms with Gasteiger partial charge < -0.3 is 25.6 Å². The second-order valence-corrected chi connectivity index (χ2v) is 10.7. The highest BCUT2D eigenvalue weighted by atomic mass is 19.1. The van der Waals surface area contributed by atoms with E-state index in [2.05, 4.69) is 92.2 Å². The van der Waals surface area contributed by atoms with Crippen molar-refractivity contribution < 1.29 is 9.13 Å². The maximum atomic E-state index is 13.5. The number of halogens is 1. The number of allylic oxidation sites excluding steroid dienone is 1. The van der Waals surface area contributed by atoms with Crippen LogP contribution in [0.3, 0.4) is 0 Å². The van der Waals surface area contributed by atoms with E-state index in [1.807, 2.05) is 0 Å². The molecule has 43 heavy (non-hydrogen) atoms. The molecule has 7 nitrogen and oxygen atoms in total. The van der Waals surface area contributed by atoms with Crippen LogP contribution in [-0.2, 0) is 4.74 Å². The lowest BCUT2D eigenvalue weighted by Gasteiger charge is -2.35. The van der Waals surface area contributed by atoms with E-state index in [0.29, 0.717) is 30.6 Å². The summed E-state index contributed by atoms with van der Waals surface area (Å²) in [6.45, 7) is 17.2. The number of benzene rings is 2. The Morgan fingerprint density at radius 2 is 1.93 bits per heavy atom. The van der Waals surface area contributed by atoms with Crippen molar-refractivity contribution in [2.75, 3.05) is 62.1 Å². The fraction of sp³-hybridized carbons (Fsp3) is 0.486. The number of nitrogens with zero attached hydrogens (tertiary/aromatic N) is 3. The molecule has 0 spiro atoms. The van der Waals surface area contributed by atoms with E-state index in [1.54, 1.807) is 45.4 Å². The smallest absolute Gasteiger partial charge is 0.131 e. The molecule has 1 heterocycles. The van der Waals surface area contributed by atoms with E-state index in [4.69, 9.17) is 0 Å². The van der Waals surface area contributed by atoms with Gasteiger partial charge in [-0.3, -0.25) is 4.99 Å². The number of rotatable bonds is 15. The van der Waals surface area contributed by atoms with E-state index in [1.165, 1.54) is 37.4 Å². The minimum Gasteiger partial charge on any atom is -0.372 e. The summed E-state index contributed by atoms with van der Waals surface area (Å²) < 4.78 is 18.1. The lowest BCUT2D eigenvalue weighted by Crippen LogP contribution is -2.40. The molecule has 2 aromatic carbocycles. The van der Waals surface area contributed by atoms with Gasteiger partial charge >= 0.3 is 0 Å². The Morgan fingerprint density at radius 1 is 1.19 bits per heavy atom. The lowest BCUT2D eigenvalue weighted by atomic mass is 9.96. The highest BCUT2D eigenvalue weighted by molar-refractivity contribution is 5.74. The van der Waals surface area contributed by atoms with Crippen LogP contribution in [0.1, 0.15) is 52.0 Å². The van der Waals surface area contributed by atoms with Crippen molar-refractivity contribution in [2.45, 2.75) is 53.4 Å². The largest absolute Gasteiger partial charge is 0.372 e. The van der Waals surface area contributed by atoms with Crippen molar-refractivity contribution in [2.24, 2.45) is 21.8 Å². The van der Waals surface area contributed by atoms with E-state index in [-0.39, 0.29) is 5.82 Å². The van der Waals surface area contributed by atoms with Gasteiger partial charge in [0.25, 0.3) is 0 Å². The van der Waals surface area contributed by atoms with Crippen LogP contribution in [0.2, 0.25) is 0 Å². The standard InChI is InChI=1S/C30H43FN6.C5H8O/c1-5-24(6-2)19-34-20-25-8-7-17-37(21-25)28-12-9-26(10-13-28)35-22-33-16-15-30(32-4)36-27-11-14-29(31)23(3)18-27;1-3-4-5-6-2/h9-16,18,24-25,34-36H,4-8,17,19-22H2,1-3H3;5H2,1-2H3/b30-15+,33-16-;. The molecule has 3 rings (SSSR count). The van der Waals surface area contributed by atoms with Crippen molar-refractivity contribution in [3.05, 3.63) is 65.7 Å². The molecular formula is C35H51FN6O. The number of methoxy groups -OCH3 is 1. The highest BCUT2D eigenvalue weighted by Crippen LogP contribution is 2.24. The number of hydrogen-bond acceptors (Lipinski definition) is 7. The lowest BCUT2D eigenvalue weighted by molar-refractivity contribution is 0.240. The van der Waals surface area contributed by atoms with Crippen LogP contribution in [0.25, 0.3) is 0 Å². The zero-order valence-corrected chi connectivity index (χ0v) is 26.8. The summed E-state index contributed by atoms with van der Waals surface area (Å²) >= 11 is 0. The fourth-order valence-corrected chi connectivity index (χ4v) is 4.79. The van der Waals surface area contributed by atoms with Gasteiger partial charge in [-0.1, -0.05) is 32.6 Å². The molecule has 0 saturated carbocycles. The summed E-state index contributed by atoms with van der Waals surface area (Å²) in [4.78, 5) is 10.9. The Bertz CT molecular complexity index is 1200. The van der Waals surface area contributed by atoms with Crippen molar-refractivity contribution in [3.63, 3.8) is 0 Å². The van der Waals surface area contributed by atoms with Crippen LogP contribution >= 0.6 is 0 Å². The van der Waals surface area contributed by atoms with Gasteiger partial charge in [-0.05, 0) is 112 Å². The van der Waals surface area contributed by atoms with Gasteiger partial charge in [0.15, 0.2) is 0 Å². The van der Waals surface area contributed by atoms with Crippen LogP contribution in [0.5, 0.6) is 0 Å². The first-order valence-corrected chi connectivity index (χ1v) is 15.3. The molecule has 1 atom stereocenters. The highest BCUT2D eigenvalue weighted by Gasteiger charge is 2.20. The zero-order valence-electron chi connectivity index (χ0n) is 26.8. The Morgan fingerprint density at radius 3 is 2.56 bits per heavy atom. The molecule has 3 N–H and O–H groups in total. The van der Waals surface area contributed by atoms with Gasteiger partial charge in [0, 0.05) is 43.5 Å². The summed E-state index contributed by atoms with van der Waals surface area (Å²) in [6.07, 6.45) is 8.48. The molecule has 0 aromatic heterocycles. The van der Waals surface area contributed by atoms with Crippen LogP contribution in [-0.4, -0.2) is 59.5 Å². The monoisotopic (exact) mass is 590 g/mol. The summed E-state index contributed by atoms with van der Waals surface area (Å²) in [5.74, 6) is 7.24. The average Bonchev–Trinajstić information content (AvgIpc) is 3.04. The molecule has 1 aliphatic rings. The molecule has 1 unspecified atom stereocenters. The Kier molecular flexibility index (Phi) is 17.4. The molecule has 1 aliphatic heterocycles. The van der Waals surface area contributed by atoms with Crippen LogP contribution in [0.4, 0.5) is 21.5 Å². The van der Waals surface area contributed by atoms with Crippen LogP contribution in [0, 0.1) is 36.4 Å². The summed E-state index contributed by atoms with van der Waals surface area (Å²) in [5, 5.41) is 10.2. The minimum atomic E-state index is -0.233. The van der Waals surface area contributed by atoms with Crippen molar-refractivity contribution in [1.29, 1.82) is 0 Å². The normalized spacial score (nSPS) is 15.0. The second-order valence-electron chi connectivity index (χ2n) is 10.7. The number of nitrogens with one attached hydrogen (secondary N) is 3. The van der Waals surface area contributed by atoms with E-state index in [0.717, 1.165) is 43.5 Å². The first-order chi connectivity index (χ1) is 20.9. The molecule has 234 valence electrons. The van der Waals surface area contributed by atoms with Gasteiger partial charge in [0.1, 0.15) is 24.9 Å². The van der Waals surface area contributed by atoms with E-state index in [9.17, 15) is 4.39 Å². The second kappa shape index (κ2) is 21.1. The first-order valence-electron chi connectivity index (χ1n) is 15.3. The molecule has 0 radical (unpaired) electrons. The van der Waals surface area contributed by atoms with Crippen molar-refractivity contribution in [1.82, 2.24) is 5.32 Å². The maximum Gasteiger partial charge on any atom is 0.131 e. The Labute approximate surface area is 259 Å². The van der Waals surface area contributed by atoms with E-state index >= 15 is 0 Å². The number of ether oxygens (including phenoxy) is 1. The van der Waals surface area contributed by atoms with Gasteiger partial charge in [-0.25, -0.2) is 9.38 Å². The number of aryl methyl sites for hydroxylation is 1. The molecule has 8 heteroatoms. The molecule has 1 saturated heterocycles. The fourth-order valence-electron chi connectivity index (χ4n) is 4.79. The first kappa shape index (κ1) is 35.5. The third-order valence-electron chi connectivity index (χ3n) is 7.48. The summed E-state index contributed by atoms with van der Waals surface area (Å²) in [6, 6.07) is 13.4. The zero-order chi connectivity index (χ0) is 31.3. The Hall–Kier alpha value is -3.67. The molecular weight excluding hydrogens is 539 g/mol. The number of piperidine rings is 1. The topological polar surface area (TPSA) is 73.3 Å². The third kappa shape index (κ3) is 13.9. The van der Waals surface area contributed by atoms with Gasteiger partial charge in [-0.2, -0.15) is 0 Å². The molecule has 2 aromatic rings. The van der Waals surface area contributed by atoms with Gasteiger partial charge in [0.05, 0.1) is 0 Å². The number of hydrogen-bond donors (Lipinski definition) is 3. The molecule has 0 bridgehead atoms. The van der Waals surface area contributed by atoms with Gasteiger partial charge in [0.2, 0.25) is 0 Å². The summed E-state index contributed by atoms with van der Waals surface area (Å²) in [7, 11) is 1.63. The SMILES string of the molecule is C=N/C(=C\C=N/CNc1ccc(N2CCCC(CNCC(CC)CC)C2)cc1)Nc1ccc(F)c(C)c1.CC#CCOC. The predicted octanol–water partition coefficient (Wildman–Crippen LogP) is 7.13. The van der Waals surface area contributed by atoms with E-state index < -0.39 is 0 Å². The predicted molar refractivity (Wildman–Crippen MR) is 183 cm³/mol. The third-order valence-corrected chi connectivity index (χ3v) is 7.48. The van der Waals surface area contributed by atoms with Gasteiger partial charge in [-0.15, -0.1) is 5.92 Å². The quantitative estimate of drug-likeness (QED) is 0.152. The van der Waals surface area contributed by atoms with Crippen molar-refractivity contribution >= 4 is 30.0 Å². The van der Waals surface area contributed by atoms with Crippen LogP contribution < -0.4 is 20.9 Å².